The fourth-order valence-electron chi connectivity index (χ4n) is 4.45. The summed E-state index contributed by atoms with van der Waals surface area (Å²) >= 11 is 0. The van der Waals surface area contributed by atoms with Gasteiger partial charge in [-0.15, -0.1) is 0 Å². The third-order valence-corrected chi connectivity index (χ3v) is 5.39. The Bertz CT molecular complexity index is 481. The van der Waals surface area contributed by atoms with Crippen LogP contribution in [0.4, 0.5) is 9.59 Å². The summed E-state index contributed by atoms with van der Waals surface area (Å²) in [5.41, 5.74) is -0.00971. The van der Waals surface area contributed by atoms with Crippen molar-refractivity contribution < 1.29 is 19.1 Å². The number of alkyl carbamates (subject to hydrolysis) is 2. The second kappa shape index (κ2) is 12.2. The van der Waals surface area contributed by atoms with Gasteiger partial charge in [0.1, 0.15) is 0 Å². The molecule has 0 aliphatic heterocycles. The van der Waals surface area contributed by atoms with Crippen molar-refractivity contribution in [3.63, 3.8) is 0 Å². The molecule has 28 heavy (non-hydrogen) atoms. The van der Waals surface area contributed by atoms with Crippen LogP contribution in [0.3, 0.4) is 0 Å². The molecule has 1 aliphatic rings. The number of amides is 2. The van der Waals surface area contributed by atoms with Gasteiger partial charge >= 0.3 is 12.2 Å². The Morgan fingerprint density at radius 2 is 1.46 bits per heavy atom. The van der Waals surface area contributed by atoms with Crippen LogP contribution in [0.15, 0.2) is 0 Å². The Morgan fingerprint density at radius 3 is 2.04 bits per heavy atom. The Morgan fingerprint density at radius 1 is 0.893 bits per heavy atom. The summed E-state index contributed by atoms with van der Waals surface area (Å²) in [5, 5.41) is 5.96. The lowest BCUT2D eigenvalue weighted by atomic mass is 9.62. The first-order valence-electron chi connectivity index (χ1n) is 11.0. The topological polar surface area (TPSA) is 76.7 Å². The van der Waals surface area contributed by atoms with E-state index in [0.29, 0.717) is 19.8 Å². The molecule has 6 heteroatoms. The summed E-state index contributed by atoms with van der Waals surface area (Å²) in [7, 11) is 0. The third-order valence-electron chi connectivity index (χ3n) is 5.39. The molecule has 0 aromatic rings. The molecule has 2 N–H and O–H groups in total. The van der Waals surface area contributed by atoms with Crippen molar-refractivity contribution in [1.29, 1.82) is 0 Å². The Hall–Kier alpha value is -1.46. The number of nitrogens with one attached hydrogen (secondary N) is 2. The minimum absolute atomic E-state index is 0.0507. The number of carbonyl (C=O) groups excluding carboxylic acids is 2. The molecule has 0 spiro atoms. The average Bonchev–Trinajstić information content (AvgIpc) is 2.59. The van der Waals surface area contributed by atoms with Crippen LogP contribution in [0.5, 0.6) is 0 Å². The van der Waals surface area contributed by atoms with E-state index in [9.17, 15) is 9.59 Å². The highest BCUT2D eigenvalue weighted by molar-refractivity contribution is 5.68. The van der Waals surface area contributed by atoms with Crippen molar-refractivity contribution in [3.05, 3.63) is 0 Å². The molecule has 0 aromatic heterocycles. The van der Waals surface area contributed by atoms with Crippen molar-refractivity contribution in [2.24, 2.45) is 10.8 Å². The van der Waals surface area contributed by atoms with Gasteiger partial charge < -0.3 is 20.1 Å². The van der Waals surface area contributed by atoms with Gasteiger partial charge in [-0.3, -0.25) is 0 Å². The van der Waals surface area contributed by atoms with Crippen LogP contribution in [0, 0.1) is 10.8 Å². The Kier molecular flexibility index (Phi) is 10.7. The van der Waals surface area contributed by atoms with Gasteiger partial charge in [0, 0.05) is 12.6 Å². The molecule has 2 atom stereocenters. The predicted molar refractivity (Wildman–Crippen MR) is 112 cm³/mol. The van der Waals surface area contributed by atoms with Crippen LogP contribution in [0.1, 0.15) is 92.4 Å². The molecule has 1 aliphatic carbocycles. The SMILES string of the molecule is CCCCCOC(=O)NCC1(C)CC(NC(=O)OCCCCC)CC(C)(C)C1. The number of hydrogen-bond donors (Lipinski definition) is 2. The fourth-order valence-corrected chi connectivity index (χ4v) is 4.45. The van der Waals surface area contributed by atoms with E-state index >= 15 is 0 Å². The molecule has 2 amide bonds. The summed E-state index contributed by atoms with van der Waals surface area (Å²) in [6.45, 7) is 12.3. The fraction of sp³-hybridized carbons (Fsp3) is 0.909. The smallest absolute Gasteiger partial charge is 0.407 e. The van der Waals surface area contributed by atoms with Gasteiger partial charge in [0.15, 0.2) is 0 Å². The average molecular weight is 399 g/mol. The van der Waals surface area contributed by atoms with Gasteiger partial charge in [-0.2, -0.15) is 0 Å². The lowest BCUT2D eigenvalue weighted by Gasteiger charge is -2.46. The van der Waals surface area contributed by atoms with E-state index < -0.39 is 0 Å². The van der Waals surface area contributed by atoms with Crippen molar-refractivity contribution in [1.82, 2.24) is 10.6 Å². The molecule has 2 unspecified atom stereocenters. The maximum atomic E-state index is 12.1. The number of hydrogen-bond acceptors (Lipinski definition) is 4. The number of carbonyl (C=O) groups is 2. The molecule has 0 heterocycles. The van der Waals surface area contributed by atoms with E-state index in [1.165, 1.54) is 0 Å². The minimum atomic E-state index is -0.347. The molecule has 164 valence electrons. The van der Waals surface area contributed by atoms with Crippen LogP contribution in [0.25, 0.3) is 0 Å². The molecule has 0 saturated heterocycles. The summed E-state index contributed by atoms with van der Waals surface area (Å²) in [5.74, 6) is 0. The highest BCUT2D eigenvalue weighted by Crippen LogP contribution is 2.45. The van der Waals surface area contributed by atoms with Gasteiger partial charge in [-0.1, -0.05) is 60.3 Å². The molecule has 0 bridgehead atoms. The second-order valence-corrected chi connectivity index (χ2v) is 9.44. The zero-order chi connectivity index (χ0) is 21.0. The third kappa shape index (κ3) is 10.2. The van der Waals surface area contributed by atoms with Crippen molar-refractivity contribution >= 4 is 12.2 Å². The van der Waals surface area contributed by atoms with E-state index in [4.69, 9.17) is 9.47 Å². The summed E-state index contributed by atoms with van der Waals surface area (Å²) in [4.78, 5) is 24.1. The molecule has 1 saturated carbocycles. The number of ether oxygens (including phenoxy) is 2. The summed E-state index contributed by atoms with van der Waals surface area (Å²) < 4.78 is 10.6. The summed E-state index contributed by atoms with van der Waals surface area (Å²) in [6, 6.07) is 0.0507. The van der Waals surface area contributed by atoms with Crippen LogP contribution >= 0.6 is 0 Å². The highest BCUT2D eigenvalue weighted by Gasteiger charge is 2.42. The highest BCUT2D eigenvalue weighted by atomic mass is 16.6. The second-order valence-electron chi connectivity index (χ2n) is 9.44. The molecule has 6 nitrogen and oxygen atoms in total. The zero-order valence-electron chi connectivity index (χ0n) is 18.7. The quantitative estimate of drug-likeness (QED) is 0.457. The normalized spacial score (nSPS) is 23.7. The largest absolute Gasteiger partial charge is 0.450 e. The van der Waals surface area contributed by atoms with E-state index in [2.05, 4.69) is 45.3 Å². The van der Waals surface area contributed by atoms with Crippen molar-refractivity contribution in [2.75, 3.05) is 19.8 Å². The van der Waals surface area contributed by atoms with Crippen molar-refractivity contribution in [3.8, 4) is 0 Å². The predicted octanol–water partition coefficient (Wildman–Crippen LogP) is 5.40. The lowest BCUT2D eigenvalue weighted by molar-refractivity contribution is 0.0621. The van der Waals surface area contributed by atoms with Crippen LogP contribution in [-0.4, -0.2) is 38.0 Å². The number of unbranched alkanes of at least 4 members (excludes halogenated alkanes) is 4. The van der Waals surface area contributed by atoms with Gasteiger partial charge in [-0.05, 0) is 42.9 Å². The molecule has 0 aromatic carbocycles. The van der Waals surface area contributed by atoms with E-state index in [1.54, 1.807) is 0 Å². The van der Waals surface area contributed by atoms with Crippen LogP contribution in [0.2, 0.25) is 0 Å². The van der Waals surface area contributed by atoms with Gasteiger partial charge in [0.25, 0.3) is 0 Å². The standard InChI is InChI=1S/C22H42N2O4/c1-6-8-10-12-27-19(25)23-17-22(5)15-18(14-21(3,4)16-22)24-20(26)28-13-11-9-7-2/h18H,6-17H2,1-5H3,(H,23,25)(H,24,26). The van der Waals surface area contributed by atoms with E-state index in [0.717, 1.165) is 57.8 Å². The van der Waals surface area contributed by atoms with Crippen molar-refractivity contribution in [2.45, 2.75) is 98.4 Å². The Labute approximate surface area is 171 Å². The Balaban J connectivity index is 2.47. The first-order valence-corrected chi connectivity index (χ1v) is 11.0. The molecule has 0 radical (unpaired) electrons. The summed E-state index contributed by atoms with van der Waals surface area (Å²) in [6.07, 6.45) is 8.20. The molecule has 1 rings (SSSR count). The lowest BCUT2D eigenvalue weighted by Crippen LogP contribution is -2.50. The first kappa shape index (κ1) is 24.6. The molecular weight excluding hydrogens is 356 g/mol. The van der Waals surface area contributed by atoms with Gasteiger partial charge in [-0.25, -0.2) is 9.59 Å². The first-order chi connectivity index (χ1) is 13.2. The van der Waals surface area contributed by atoms with Gasteiger partial charge in [0.2, 0.25) is 0 Å². The number of rotatable bonds is 11. The van der Waals surface area contributed by atoms with E-state index in [-0.39, 0.29) is 29.1 Å². The zero-order valence-corrected chi connectivity index (χ0v) is 18.7. The van der Waals surface area contributed by atoms with Crippen LogP contribution < -0.4 is 10.6 Å². The van der Waals surface area contributed by atoms with Gasteiger partial charge in [0.05, 0.1) is 13.2 Å². The maximum absolute atomic E-state index is 12.1. The molecule has 1 fully saturated rings. The maximum Gasteiger partial charge on any atom is 0.407 e. The van der Waals surface area contributed by atoms with Crippen LogP contribution in [-0.2, 0) is 9.47 Å². The van der Waals surface area contributed by atoms with E-state index in [1.807, 2.05) is 0 Å². The monoisotopic (exact) mass is 398 g/mol. The molecular formula is C22H42N2O4. The minimum Gasteiger partial charge on any atom is -0.450 e.